The van der Waals surface area contributed by atoms with Gasteiger partial charge in [-0.3, -0.25) is 4.99 Å². The Morgan fingerprint density at radius 1 is 1.25 bits per heavy atom. The predicted molar refractivity (Wildman–Crippen MR) is 96.4 cm³/mol. The number of likely N-dealkylation sites (tertiary alicyclic amines) is 1. The standard InChI is InChI=1S/C17H34N4O3/c1-17(2,3)24-16(22)21-10-7-14(8-11-21)13-20-15(18-4)19-9-6-12-23-5/h14H,6-13H2,1-5H3,(H2,18,19,20). The van der Waals surface area contributed by atoms with Crippen LogP contribution in [0.3, 0.4) is 0 Å². The van der Waals surface area contributed by atoms with Crippen molar-refractivity contribution in [2.24, 2.45) is 10.9 Å². The highest BCUT2D eigenvalue weighted by Crippen LogP contribution is 2.19. The van der Waals surface area contributed by atoms with E-state index >= 15 is 0 Å². The SMILES string of the molecule is CN=C(NCCCOC)NCC1CCN(C(=O)OC(C)(C)C)CC1. The van der Waals surface area contributed by atoms with E-state index in [4.69, 9.17) is 9.47 Å². The van der Waals surface area contributed by atoms with Gasteiger partial charge >= 0.3 is 6.09 Å². The lowest BCUT2D eigenvalue weighted by Gasteiger charge is -2.33. The summed E-state index contributed by atoms with van der Waals surface area (Å²) in [5.74, 6) is 1.36. The van der Waals surface area contributed by atoms with Crippen molar-refractivity contribution in [2.75, 3.05) is 46.9 Å². The molecule has 7 heteroatoms. The summed E-state index contributed by atoms with van der Waals surface area (Å²) >= 11 is 0. The Kier molecular flexibility index (Phi) is 8.89. The second-order valence-corrected chi connectivity index (χ2v) is 7.14. The Bertz CT molecular complexity index is 399. The minimum absolute atomic E-state index is 0.204. The highest BCUT2D eigenvalue weighted by Gasteiger charge is 2.26. The van der Waals surface area contributed by atoms with Crippen LogP contribution in [0.4, 0.5) is 4.79 Å². The molecule has 0 aromatic carbocycles. The highest BCUT2D eigenvalue weighted by atomic mass is 16.6. The maximum atomic E-state index is 12.1. The second-order valence-electron chi connectivity index (χ2n) is 7.14. The van der Waals surface area contributed by atoms with Crippen molar-refractivity contribution in [1.29, 1.82) is 0 Å². The summed E-state index contributed by atoms with van der Waals surface area (Å²) < 4.78 is 10.5. The zero-order chi connectivity index (χ0) is 18.0. The van der Waals surface area contributed by atoms with Crippen LogP contribution in [0, 0.1) is 5.92 Å². The van der Waals surface area contributed by atoms with E-state index in [1.54, 1.807) is 19.1 Å². The third-order valence-electron chi connectivity index (χ3n) is 3.87. The Labute approximate surface area is 146 Å². The van der Waals surface area contributed by atoms with Gasteiger partial charge in [0.25, 0.3) is 0 Å². The number of nitrogens with one attached hydrogen (secondary N) is 2. The van der Waals surface area contributed by atoms with Crippen LogP contribution in [0.5, 0.6) is 0 Å². The van der Waals surface area contributed by atoms with Gasteiger partial charge in [-0.2, -0.15) is 0 Å². The van der Waals surface area contributed by atoms with Crippen LogP contribution in [0.2, 0.25) is 0 Å². The lowest BCUT2D eigenvalue weighted by Crippen LogP contribution is -2.45. The molecule has 0 aromatic rings. The van der Waals surface area contributed by atoms with Crippen LogP contribution in [0.25, 0.3) is 0 Å². The third-order valence-corrected chi connectivity index (χ3v) is 3.87. The molecule has 24 heavy (non-hydrogen) atoms. The van der Waals surface area contributed by atoms with Crippen molar-refractivity contribution in [3.05, 3.63) is 0 Å². The van der Waals surface area contributed by atoms with Crippen LogP contribution in [0.15, 0.2) is 4.99 Å². The molecule has 1 rings (SSSR count). The molecule has 1 amide bonds. The smallest absolute Gasteiger partial charge is 0.410 e. The van der Waals surface area contributed by atoms with Crippen LogP contribution in [-0.2, 0) is 9.47 Å². The average Bonchev–Trinajstić information content (AvgIpc) is 2.53. The minimum atomic E-state index is -0.434. The van der Waals surface area contributed by atoms with Gasteiger partial charge < -0.3 is 25.0 Å². The van der Waals surface area contributed by atoms with Gasteiger partial charge in [0.1, 0.15) is 5.60 Å². The number of piperidine rings is 1. The molecule has 0 spiro atoms. The number of carbonyl (C=O) groups excluding carboxylic acids is 1. The highest BCUT2D eigenvalue weighted by molar-refractivity contribution is 5.79. The number of ether oxygens (including phenoxy) is 2. The van der Waals surface area contributed by atoms with Crippen molar-refractivity contribution < 1.29 is 14.3 Å². The van der Waals surface area contributed by atoms with Crippen molar-refractivity contribution >= 4 is 12.1 Å². The first kappa shape index (κ1) is 20.5. The van der Waals surface area contributed by atoms with Crippen LogP contribution >= 0.6 is 0 Å². The van der Waals surface area contributed by atoms with E-state index in [0.29, 0.717) is 5.92 Å². The first-order chi connectivity index (χ1) is 11.4. The molecule has 0 unspecified atom stereocenters. The number of methoxy groups -OCH3 is 1. The van der Waals surface area contributed by atoms with Gasteiger partial charge in [-0.25, -0.2) is 4.79 Å². The predicted octanol–water partition coefficient (Wildman–Crippen LogP) is 1.83. The van der Waals surface area contributed by atoms with E-state index in [9.17, 15) is 4.79 Å². The number of amides is 1. The molecular formula is C17H34N4O3. The van der Waals surface area contributed by atoms with Crippen molar-refractivity contribution in [1.82, 2.24) is 15.5 Å². The van der Waals surface area contributed by atoms with Crippen LogP contribution in [0.1, 0.15) is 40.0 Å². The molecule has 0 saturated carbocycles. The summed E-state index contributed by atoms with van der Waals surface area (Å²) in [4.78, 5) is 18.1. The first-order valence-electron chi connectivity index (χ1n) is 8.77. The molecule has 1 heterocycles. The van der Waals surface area contributed by atoms with Crippen molar-refractivity contribution in [3.8, 4) is 0 Å². The van der Waals surface area contributed by atoms with Gasteiger partial charge in [-0.15, -0.1) is 0 Å². The molecular weight excluding hydrogens is 308 g/mol. The molecule has 2 N–H and O–H groups in total. The van der Waals surface area contributed by atoms with E-state index in [1.165, 1.54) is 0 Å². The molecule has 0 atom stereocenters. The fourth-order valence-electron chi connectivity index (χ4n) is 2.53. The van der Waals surface area contributed by atoms with Gasteiger partial charge in [-0.05, 0) is 46.0 Å². The number of hydrogen-bond acceptors (Lipinski definition) is 4. The topological polar surface area (TPSA) is 75.2 Å². The number of rotatable bonds is 6. The normalized spacial score (nSPS) is 16.9. The van der Waals surface area contributed by atoms with E-state index in [-0.39, 0.29) is 6.09 Å². The molecule has 1 aliphatic rings. The first-order valence-corrected chi connectivity index (χ1v) is 8.77. The molecule has 0 aromatic heterocycles. The molecule has 0 aliphatic carbocycles. The Morgan fingerprint density at radius 2 is 1.92 bits per heavy atom. The van der Waals surface area contributed by atoms with Gasteiger partial charge in [-0.1, -0.05) is 0 Å². The largest absolute Gasteiger partial charge is 0.444 e. The Balaban J connectivity index is 2.24. The molecule has 7 nitrogen and oxygen atoms in total. The fourth-order valence-corrected chi connectivity index (χ4v) is 2.53. The number of nitrogens with zero attached hydrogens (tertiary/aromatic N) is 2. The van der Waals surface area contributed by atoms with Crippen molar-refractivity contribution in [3.63, 3.8) is 0 Å². The summed E-state index contributed by atoms with van der Waals surface area (Å²) in [5, 5.41) is 6.63. The summed E-state index contributed by atoms with van der Waals surface area (Å²) in [6, 6.07) is 0. The van der Waals surface area contributed by atoms with Gasteiger partial charge in [0, 0.05) is 46.9 Å². The number of carbonyl (C=O) groups is 1. The van der Waals surface area contributed by atoms with E-state index in [1.807, 2.05) is 20.8 Å². The van der Waals surface area contributed by atoms with Crippen molar-refractivity contribution in [2.45, 2.75) is 45.6 Å². The maximum absolute atomic E-state index is 12.1. The zero-order valence-corrected chi connectivity index (χ0v) is 15.9. The molecule has 0 radical (unpaired) electrons. The summed E-state index contributed by atoms with van der Waals surface area (Å²) in [6.45, 7) is 9.64. The lowest BCUT2D eigenvalue weighted by molar-refractivity contribution is 0.0185. The van der Waals surface area contributed by atoms with Crippen LogP contribution in [-0.4, -0.2) is 69.5 Å². The summed E-state index contributed by atoms with van der Waals surface area (Å²) in [6.07, 6.45) is 2.70. The zero-order valence-electron chi connectivity index (χ0n) is 15.9. The van der Waals surface area contributed by atoms with Gasteiger partial charge in [0.2, 0.25) is 0 Å². The number of guanidine groups is 1. The van der Waals surface area contributed by atoms with E-state index in [0.717, 1.165) is 58.0 Å². The number of hydrogen-bond donors (Lipinski definition) is 2. The van der Waals surface area contributed by atoms with E-state index < -0.39 is 5.60 Å². The molecule has 1 saturated heterocycles. The average molecular weight is 342 g/mol. The van der Waals surface area contributed by atoms with E-state index in [2.05, 4.69) is 15.6 Å². The minimum Gasteiger partial charge on any atom is -0.444 e. The van der Waals surface area contributed by atoms with Gasteiger partial charge in [0.15, 0.2) is 5.96 Å². The summed E-state index contributed by atoms with van der Waals surface area (Å²) in [5.41, 5.74) is -0.434. The monoisotopic (exact) mass is 342 g/mol. The maximum Gasteiger partial charge on any atom is 0.410 e. The molecule has 1 fully saturated rings. The molecule has 0 bridgehead atoms. The second kappa shape index (κ2) is 10.4. The molecule has 140 valence electrons. The summed E-state index contributed by atoms with van der Waals surface area (Å²) in [7, 11) is 3.48. The quantitative estimate of drug-likeness (QED) is 0.438. The molecule has 1 aliphatic heterocycles. The number of aliphatic imine (C=N–C) groups is 1. The Morgan fingerprint density at radius 3 is 2.46 bits per heavy atom. The lowest BCUT2D eigenvalue weighted by atomic mass is 9.97. The fraction of sp³-hybridized carbons (Fsp3) is 0.882. The third kappa shape index (κ3) is 8.38. The van der Waals surface area contributed by atoms with Crippen LogP contribution < -0.4 is 10.6 Å². The Hall–Kier alpha value is -1.50. The van der Waals surface area contributed by atoms with Gasteiger partial charge in [0.05, 0.1) is 0 Å².